The fraction of sp³-hybridized carbons (Fsp3) is 0.571. The van der Waals surface area contributed by atoms with E-state index in [1.165, 1.54) is 0 Å². The van der Waals surface area contributed by atoms with E-state index in [4.69, 9.17) is 4.74 Å². The summed E-state index contributed by atoms with van der Waals surface area (Å²) in [6.45, 7) is 8.15. The monoisotopic (exact) mass is 251 g/mol. The molecule has 0 fully saturated rings. The van der Waals surface area contributed by atoms with E-state index in [9.17, 15) is 9.59 Å². The smallest absolute Gasteiger partial charge is 0.343 e. The van der Waals surface area contributed by atoms with Crippen molar-refractivity contribution in [1.29, 1.82) is 0 Å². The largest absolute Gasteiger partial charge is 0.462 e. The molecule has 1 aromatic heterocycles. The van der Waals surface area contributed by atoms with Crippen molar-refractivity contribution in [3.05, 3.63) is 33.2 Å². The van der Waals surface area contributed by atoms with Gasteiger partial charge in [0.05, 0.1) is 6.61 Å². The molecule has 0 amide bonds. The predicted octanol–water partition coefficient (Wildman–Crippen LogP) is 2.63. The Balaban J connectivity index is 3.30. The van der Waals surface area contributed by atoms with E-state index >= 15 is 0 Å². The fourth-order valence-corrected chi connectivity index (χ4v) is 1.90. The molecule has 1 N–H and O–H groups in total. The highest BCUT2D eigenvalue weighted by Gasteiger charge is 2.17. The van der Waals surface area contributed by atoms with Gasteiger partial charge in [0.25, 0.3) is 5.56 Å². The van der Waals surface area contributed by atoms with Gasteiger partial charge < -0.3 is 9.72 Å². The molecule has 0 aromatic carbocycles. The van der Waals surface area contributed by atoms with Gasteiger partial charge in [0.15, 0.2) is 0 Å². The molecule has 1 unspecified atom stereocenters. The number of rotatable bonds is 5. The third kappa shape index (κ3) is 3.00. The molecule has 1 rings (SSSR count). The summed E-state index contributed by atoms with van der Waals surface area (Å²) in [6.07, 6.45) is 1.71. The molecule has 1 aromatic rings. The van der Waals surface area contributed by atoms with Gasteiger partial charge in [0.1, 0.15) is 5.56 Å². The highest BCUT2D eigenvalue weighted by Crippen LogP contribution is 2.22. The number of H-pyrrole nitrogens is 1. The first-order valence-electron chi connectivity index (χ1n) is 6.48. The van der Waals surface area contributed by atoms with Gasteiger partial charge in [-0.05, 0) is 37.3 Å². The molecule has 1 atom stereocenters. The first-order chi connectivity index (χ1) is 8.54. The van der Waals surface area contributed by atoms with Gasteiger partial charge in [-0.1, -0.05) is 20.8 Å². The molecule has 0 bridgehead atoms. The lowest BCUT2D eigenvalue weighted by Gasteiger charge is -2.14. The molecule has 4 heteroatoms. The molecule has 0 aliphatic rings. The molecule has 18 heavy (non-hydrogen) atoms. The van der Waals surface area contributed by atoms with Gasteiger partial charge in [0, 0.05) is 5.69 Å². The Labute approximate surface area is 107 Å². The van der Waals surface area contributed by atoms with Gasteiger partial charge in [-0.25, -0.2) is 4.79 Å². The van der Waals surface area contributed by atoms with Crippen molar-refractivity contribution in [2.45, 2.75) is 46.5 Å². The molecule has 4 nitrogen and oxygen atoms in total. The zero-order chi connectivity index (χ0) is 13.7. The number of aryl methyl sites for hydroxylation is 1. The summed E-state index contributed by atoms with van der Waals surface area (Å²) in [5, 5.41) is 0. The minimum atomic E-state index is -0.550. The quantitative estimate of drug-likeness (QED) is 0.818. The summed E-state index contributed by atoms with van der Waals surface area (Å²) < 4.78 is 4.89. The van der Waals surface area contributed by atoms with Crippen molar-refractivity contribution in [2.75, 3.05) is 6.61 Å². The van der Waals surface area contributed by atoms with E-state index in [1.54, 1.807) is 13.0 Å². The number of hydrogen-bond acceptors (Lipinski definition) is 3. The van der Waals surface area contributed by atoms with E-state index in [0.29, 0.717) is 5.92 Å². The van der Waals surface area contributed by atoms with Crippen LogP contribution in [0.15, 0.2) is 10.9 Å². The maximum absolute atomic E-state index is 11.8. The van der Waals surface area contributed by atoms with Gasteiger partial charge in [-0.15, -0.1) is 0 Å². The predicted molar refractivity (Wildman–Crippen MR) is 71.1 cm³/mol. The number of ether oxygens (including phenoxy) is 1. The molecule has 100 valence electrons. The minimum Gasteiger partial charge on any atom is -0.462 e. The normalized spacial score (nSPS) is 12.2. The lowest BCUT2D eigenvalue weighted by Crippen LogP contribution is -2.22. The summed E-state index contributed by atoms with van der Waals surface area (Å²) in [5.74, 6) is -0.240. The molecule has 0 aliphatic carbocycles. The molecule has 0 aliphatic heterocycles. The van der Waals surface area contributed by atoms with Crippen LogP contribution in [0.3, 0.4) is 0 Å². The average molecular weight is 251 g/mol. The van der Waals surface area contributed by atoms with Gasteiger partial charge in [-0.2, -0.15) is 0 Å². The zero-order valence-corrected chi connectivity index (χ0v) is 11.5. The molecule has 0 radical (unpaired) electrons. The van der Waals surface area contributed by atoms with Crippen LogP contribution in [-0.4, -0.2) is 17.6 Å². The highest BCUT2D eigenvalue weighted by molar-refractivity contribution is 5.89. The van der Waals surface area contributed by atoms with Crippen molar-refractivity contribution < 1.29 is 9.53 Å². The van der Waals surface area contributed by atoms with Crippen LogP contribution in [0.25, 0.3) is 0 Å². The molecule has 0 saturated carbocycles. The maximum atomic E-state index is 11.8. The van der Waals surface area contributed by atoms with E-state index in [2.05, 4.69) is 18.8 Å². The van der Waals surface area contributed by atoms with Crippen LogP contribution < -0.4 is 5.56 Å². The SMILES string of the molecule is CCOC(=O)c1cc(C(C)CC)c(CC)[nH]c1=O. The first kappa shape index (κ1) is 14.5. The molecule has 0 spiro atoms. The Hall–Kier alpha value is -1.58. The zero-order valence-electron chi connectivity index (χ0n) is 11.5. The van der Waals surface area contributed by atoms with Crippen molar-refractivity contribution >= 4 is 5.97 Å². The maximum Gasteiger partial charge on any atom is 0.343 e. The summed E-state index contributed by atoms with van der Waals surface area (Å²) in [5.41, 5.74) is 1.67. The lowest BCUT2D eigenvalue weighted by molar-refractivity contribution is 0.0524. The average Bonchev–Trinajstić information content (AvgIpc) is 2.37. The van der Waals surface area contributed by atoms with Crippen LogP contribution in [0.4, 0.5) is 0 Å². The molecular formula is C14H21NO3. The number of hydrogen-bond donors (Lipinski definition) is 1. The number of aromatic nitrogens is 1. The van der Waals surface area contributed by atoms with Crippen LogP contribution in [0.5, 0.6) is 0 Å². The van der Waals surface area contributed by atoms with Crippen LogP contribution in [0.2, 0.25) is 0 Å². The molecule has 1 heterocycles. The summed E-state index contributed by atoms with van der Waals surface area (Å²) in [4.78, 5) is 26.3. The second-order valence-corrected chi connectivity index (χ2v) is 4.33. The van der Waals surface area contributed by atoms with Gasteiger partial charge >= 0.3 is 5.97 Å². The third-order valence-electron chi connectivity index (χ3n) is 3.15. The summed E-state index contributed by atoms with van der Waals surface area (Å²) >= 11 is 0. The van der Waals surface area contributed by atoms with E-state index < -0.39 is 5.97 Å². The van der Waals surface area contributed by atoms with Crippen LogP contribution in [0, 0.1) is 0 Å². The van der Waals surface area contributed by atoms with Crippen LogP contribution in [-0.2, 0) is 11.2 Å². The molecule has 0 saturated heterocycles. The number of aromatic amines is 1. The Morgan fingerprint density at radius 1 is 1.39 bits per heavy atom. The van der Waals surface area contributed by atoms with Crippen molar-refractivity contribution in [2.24, 2.45) is 0 Å². The number of esters is 1. The number of carbonyl (C=O) groups excluding carboxylic acids is 1. The van der Waals surface area contributed by atoms with Gasteiger partial charge in [0.2, 0.25) is 0 Å². The highest BCUT2D eigenvalue weighted by atomic mass is 16.5. The van der Waals surface area contributed by atoms with Gasteiger partial charge in [-0.3, -0.25) is 4.79 Å². The van der Waals surface area contributed by atoms with Crippen LogP contribution in [0.1, 0.15) is 61.6 Å². The summed E-state index contributed by atoms with van der Waals surface area (Å²) in [6, 6.07) is 1.68. The van der Waals surface area contributed by atoms with Crippen molar-refractivity contribution in [3.63, 3.8) is 0 Å². The summed E-state index contributed by atoms with van der Waals surface area (Å²) in [7, 11) is 0. The Bertz CT molecular complexity index is 476. The second-order valence-electron chi connectivity index (χ2n) is 4.33. The lowest BCUT2D eigenvalue weighted by atomic mass is 9.94. The van der Waals surface area contributed by atoms with Crippen molar-refractivity contribution in [3.8, 4) is 0 Å². The topological polar surface area (TPSA) is 59.2 Å². The number of nitrogens with one attached hydrogen (secondary N) is 1. The minimum absolute atomic E-state index is 0.101. The second kappa shape index (κ2) is 6.38. The number of pyridine rings is 1. The Kier molecular flexibility index (Phi) is 5.13. The van der Waals surface area contributed by atoms with E-state index in [0.717, 1.165) is 24.1 Å². The third-order valence-corrected chi connectivity index (χ3v) is 3.15. The fourth-order valence-electron chi connectivity index (χ4n) is 1.90. The standard InChI is InChI=1S/C14H21NO3/c1-5-9(4)10-8-11(14(17)18-7-3)13(16)15-12(10)6-2/h8-9H,5-7H2,1-4H3,(H,15,16). The van der Waals surface area contributed by atoms with Crippen molar-refractivity contribution in [1.82, 2.24) is 4.98 Å². The Morgan fingerprint density at radius 3 is 2.56 bits per heavy atom. The van der Waals surface area contributed by atoms with E-state index in [1.807, 2.05) is 6.92 Å². The number of carbonyl (C=O) groups is 1. The molecular weight excluding hydrogens is 230 g/mol. The van der Waals surface area contributed by atoms with E-state index in [-0.39, 0.29) is 17.7 Å². The van der Waals surface area contributed by atoms with Crippen LogP contribution >= 0.6 is 0 Å². The Morgan fingerprint density at radius 2 is 2.06 bits per heavy atom. The first-order valence-corrected chi connectivity index (χ1v) is 6.48.